The Bertz CT molecular complexity index is 859. The number of aliphatic carboxylic acids is 1. The molecule has 0 radical (unpaired) electrons. The van der Waals surface area contributed by atoms with Gasteiger partial charge in [-0.1, -0.05) is 23.5 Å². The third-order valence-electron chi connectivity index (χ3n) is 3.09. The highest BCUT2D eigenvalue weighted by atomic mass is 32.1. The molecule has 0 atom stereocenters. The molecule has 7 heteroatoms. The largest absolute Gasteiger partial charge is 0.480 e. The number of fused-ring (bicyclic) bond motifs is 1. The zero-order valence-corrected chi connectivity index (χ0v) is 11.4. The molecule has 2 heterocycles. The number of para-hydroxylation sites is 2. The predicted molar refractivity (Wildman–Crippen MR) is 75.9 cm³/mol. The van der Waals surface area contributed by atoms with Crippen LogP contribution in [0.2, 0.25) is 0 Å². The van der Waals surface area contributed by atoms with E-state index < -0.39 is 5.97 Å². The molecular weight excluding hydrogens is 278 g/mol. The molecule has 0 saturated heterocycles. The van der Waals surface area contributed by atoms with Crippen LogP contribution in [0.3, 0.4) is 0 Å². The second-order valence-corrected chi connectivity index (χ2v) is 5.17. The first-order chi connectivity index (χ1) is 9.58. The van der Waals surface area contributed by atoms with Crippen LogP contribution in [0, 0.1) is 0 Å². The molecule has 3 rings (SSSR count). The fourth-order valence-electron chi connectivity index (χ4n) is 2.16. The van der Waals surface area contributed by atoms with Crippen molar-refractivity contribution in [2.24, 2.45) is 7.05 Å². The lowest BCUT2D eigenvalue weighted by molar-refractivity contribution is -0.137. The number of carboxylic acid groups (broad SMARTS) is 1. The third kappa shape index (κ3) is 1.92. The lowest BCUT2D eigenvalue weighted by Gasteiger charge is -2.05. The van der Waals surface area contributed by atoms with Crippen molar-refractivity contribution >= 4 is 28.3 Å². The SMILES string of the molecule is Cn1c(-c2csc(=O)n2CC(=O)O)nc2ccccc21. The van der Waals surface area contributed by atoms with E-state index in [2.05, 4.69) is 4.98 Å². The van der Waals surface area contributed by atoms with Crippen LogP contribution in [-0.2, 0) is 18.4 Å². The lowest BCUT2D eigenvalue weighted by Crippen LogP contribution is -2.20. The van der Waals surface area contributed by atoms with Gasteiger partial charge in [0, 0.05) is 12.4 Å². The number of benzene rings is 1. The summed E-state index contributed by atoms with van der Waals surface area (Å²) in [7, 11) is 1.85. The summed E-state index contributed by atoms with van der Waals surface area (Å²) in [5, 5.41) is 10.6. The van der Waals surface area contributed by atoms with Gasteiger partial charge in [0.1, 0.15) is 6.54 Å². The molecule has 0 aliphatic heterocycles. The molecule has 102 valence electrons. The number of nitrogens with zero attached hydrogens (tertiary/aromatic N) is 3. The molecule has 2 aromatic heterocycles. The topological polar surface area (TPSA) is 77.1 Å². The van der Waals surface area contributed by atoms with Gasteiger partial charge in [0.15, 0.2) is 5.82 Å². The molecule has 0 aliphatic rings. The minimum Gasteiger partial charge on any atom is -0.480 e. The zero-order valence-electron chi connectivity index (χ0n) is 10.6. The molecule has 0 unspecified atom stereocenters. The van der Waals surface area contributed by atoms with Crippen LogP contribution in [0.15, 0.2) is 34.4 Å². The number of carboxylic acids is 1. The molecule has 3 aromatic rings. The van der Waals surface area contributed by atoms with E-state index in [-0.39, 0.29) is 11.4 Å². The van der Waals surface area contributed by atoms with Crippen molar-refractivity contribution < 1.29 is 9.90 Å². The Morgan fingerprint density at radius 2 is 2.15 bits per heavy atom. The first-order valence-electron chi connectivity index (χ1n) is 5.90. The maximum absolute atomic E-state index is 11.8. The summed E-state index contributed by atoms with van der Waals surface area (Å²) in [5.74, 6) is -0.462. The van der Waals surface area contributed by atoms with Gasteiger partial charge in [0.05, 0.1) is 16.7 Å². The monoisotopic (exact) mass is 289 g/mol. The molecule has 0 aliphatic carbocycles. The van der Waals surface area contributed by atoms with Gasteiger partial charge in [-0.25, -0.2) is 4.98 Å². The van der Waals surface area contributed by atoms with Gasteiger partial charge in [-0.15, -0.1) is 0 Å². The quantitative estimate of drug-likeness (QED) is 0.793. The van der Waals surface area contributed by atoms with Crippen molar-refractivity contribution in [3.8, 4) is 11.5 Å². The molecule has 20 heavy (non-hydrogen) atoms. The number of aromatic nitrogens is 3. The molecule has 1 aromatic carbocycles. The van der Waals surface area contributed by atoms with Gasteiger partial charge in [-0.05, 0) is 12.1 Å². The Balaban J connectivity index is 2.23. The average molecular weight is 289 g/mol. The van der Waals surface area contributed by atoms with Crippen molar-refractivity contribution in [3.05, 3.63) is 39.3 Å². The van der Waals surface area contributed by atoms with Crippen molar-refractivity contribution in [2.45, 2.75) is 6.54 Å². The fourth-order valence-corrected chi connectivity index (χ4v) is 2.90. The highest BCUT2D eigenvalue weighted by Crippen LogP contribution is 2.23. The summed E-state index contributed by atoms with van der Waals surface area (Å²) in [6, 6.07) is 7.60. The van der Waals surface area contributed by atoms with Crippen LogP contribution in [-0.4, -0.2) is 25.2 Å². The second-order valence-electron chi connectivity index (χ2n) is 4.35. The summed E-state index contributed by atoms with van der Waals surface area (Å²) in [6.07, 6.45) is 0. The van der Waals surface area contributed by atoms with Gasteiger partial charge in [0.25, 0.3) is 0 Å². The van der Waals surface area contributed by atoms with E-state index in [1.165, 1.54) is 4.57 Å². The number of rotatable bonds is 3. The standard InChI is InChI=1S/C13H11N3O3S/c1-15-9-5-3-2-4-8(9)14-12(15)10-7-20-13(19)16(10)6-11(17)18/h2-5,7H,6H2,1H3,(H,17,18). The smallest absolute Gasteiger partial charge is 0.323 e. The second kappa shape index (κ2) is 4.61. The molecule has 0 bridgehead atoms. The average Bonchev–Trinajstić information content (AvgIpc) is 2.92. The van der Waals surface area contributed by atoms with E-state index in [4.69, 9.17) is 5.11 Å². The Morgan fingerprint density at radius 3 is 2.85 bits per heavy atom. The van der Waals surface area contributed by atoms with Crippen molar-refractivity contribution in [2.75, 3.05) is 0 Å². The Kier molecular flexibility index (Phi) is 2.90. The summed E-state index contributed by atoms with van der Waals surface area (Å²) >= 11 is 0.977. The number of carbonyl (C=O) groups is 1. The van der Waals surface area contributed by atoms with E-state index in [0.717, 1.165) is 22.4 Å². The van der Waals surface area contributed by atoms with Crippen LogP contribution in [0.1, 0.15) is 0 Å². The van der Waals surface area contributed by atoms with Crippen molar-refractivity contribution in [1.29, 1.82) is 0 Å². The lowest BCUT2D eigenvalue weighted by atomic mass is 10.3. The van der Waals surface area contributed by atoms with Crippen LogP contribution < -0.4 is 4.87 Å². The van der Waals surface area contributed by atoms with E-state index in [9.17, 15) is 9.59 Å². The summed E-state index contributed by atoms with van der Waals surface area (Å²) in [6.45, 7) is -0.360. The van der Waals surface area contributed by atoms with Crippen LogP contribution in [0.4, 0.5) is 0 Å². The van der Waals surface area contributed by atoms with Gasteiger partial charge >= 0.3 is 10.8 Å². The van der Waals surface area contributed by atoms with Gasteiger partial charge < -0.3 is 9.67 Å². The molecule has 0 saturated carbocycles. The fraction of sp³-hybridized carbons (Fsp3) is 0.154. The van der Waals surface area contributed by atoms with Gasteiger partial charge in [-0.2, -0.15) is 0 Å². The van der Waals surface area contributed by atoms with E-state index in [0.29, 0.717) is 11.5 Å². The first-order valence-corrected chi connectivity index (χ1v) is 6.78. The summed E-state index contributed by atoms with van der Waals surface area (Å²) in [4.78, 5) is 26.8. The Morgan fingerprint density at radius 1 is 1.40 bits per heavy atom. The van der Waals surface area contributed by atoms with E-state index in [1.54, 1.807) is 5.38 Å². The number of hydrogen-bond acceptors (Lipinski definition) is 4. The van der Waals surface area contributed by atoms with E-state index in [1.807, 2.05) is 35.9 Å². The normalized spacial score (nSPS) is 11.1. The van der Waals surface area contributed by atoms with Crippen molar-refractivity contribution in [1.82, 2.24) is 14.1 Å². The number of imidazole rings is 1. The maximum atomic E-state index is 11.8. The van der Waals surface area contributed by atoms with Crippen molar-refractivity contribution in [3.63, 3.8) is 0 Å². The molecular formula is C13H11N3O3S. The Labute approximate surface area is 117 Å². The highest BCUT2D eigenvalue weighted by Gasteiger charge is 2.17. The number of thiazole rings is 1. The van der Waals surface area contributed by atoms with Crippen LogP contribution in [0.25, 0.3) is 22.6 Å². The summed E-state index contributed by atoms with van der Waals surface area (Å²) < 4.78 is 3.09. The Hall–Kier alpha value is -2.41. The molecule has 0 amide bonds. The summed E-state index contributed by atoms with van der Waals surface area (Å²) in [5.41, 5.74) is 2.27. The van der Waals surface area contributed by atoms with Crippen LogP contribution in [0.5, 0.6) is 0 Å². The molecule has 1 N–H and O–H groups in total. The van der Waals surface area contributed by atoms with Gasteiger partial charge in [0.2, 0.25) is 0 Å². The number of hydrogen-bond donors (Lipinski definition) is 1. The molecule has 0 spiro atoms. The maximum Gasteiger partial charge on any atom is 0.323 e. The zero-order chi connectivity index (χ0) is 14.3. The highest BCUT2D eigenvalue weighted by molar-refractivity contribution is 7.07. The minimum atomic E-state index is -1.05. The van der Waals surface area contributed by atoms with Crippen LogP contribution >= 0.6 is 11.3 Å². The first kappa shape index (κ1) is 12.6. The van der Waals surface area contributed by atoms with Gasteiger partial charge in [-0.3, -0.25) is 14.2 Å². The number of aryl methyl sites for hydroxylation is 1. The molecule has 6 nitrogen and oxygen atoms in total. The minimum absolute atomic E-state index is 0.297. The third-order valence-corrected chi connectivity index (χ3v) is 3.86. The van der Waals surface area contributed by atoms with E-state index >= 15 is 0 Å². The molecule has 0 fully saturated rings. The predicted octanol–water partition coefficient (Wildman–Crippen LogP) is 1.55.